The van der Waals surface area contributed by atoms with Crippen LogP contribution < -0.4 is 5.73 Å². The number of nitrogens with two attached hydrogens (primary N) is 1. The second-order valence-electron chi connectivity index (χ2n) is 3.41. The molecule has 2 N–H and O–H groups in total. The van der Waals surface area contributed by atoms with Gasteiger partial charge in [0.15, 0.2) is 0 Å². The van der Waals surface area contributed by atoms with E-state index in [-0.39, 0.29) is 0 Å². The van der Waals surface area contributed by atoms with E-state index in [1.165, 1.54) is 0 Å². The quantitative estimate of drug-likeness (QED) is 0.673. The molecular weight excluding hydrogens is 244 g/mol. The molecule has 0 spiro atoms. The van der Waals surface area contributed by atoms with Crippen LogP contribution in [-0.4, -0.2) is 5.16 Å². The normalized spacial score (nSPS) is 10.6. The molecule has 0 aliphatic heterocycles. The molecule has 1 aromatic carbocycles. The summed E-state index contributed by atoms with van der Waals surface area (Å²) in [6, 6.07) is 7.35. The Bertz CT molecular complexity index is 498. The summed E-state index contributed by atoms with van der Waals surface area (Å²) < 4.78 is 4.99. The molecule has 0 saturated carbocycles. The van der Waals surface area contributed by atoms with Gasteiger partial charge in [0.25, 0.3) is 0 Å². The van der Waals surface area contributed by atoms with E-state index in [4.69, 9.17) is 21.9 Å². The highest BCUT2D eigenvalue weighted by Gasteiger charge is 2.05. The second kappa shape index (κ2) is 4.80. The predicted octanol–water partition coefficient (Wildman–Crippen LogP) is 3.51. The summed E-state index contributed by atoms with van der Waals surface area (Å²) in [5.74, 6) is 1.54. The Morgan fingerprint density at radius 1 is 1.44 bits per heavy atom. The van der Waals surface area contributed by atoms with Gasteiger partial charge in [0.05, 0.1) is 10.7 Å². The van der Waals surface area contributed by atoms with E-state index in [1.807, 2.05) is 19.1 Å². The Hall–Kier alpha value is -1.13. The van der Waals surface area contributed by atoms with Crippen LogP contribution in [0.25, 0.3) is 0 Å². The van der Waals surface area contributed by atoms with Gasteiger partial charge in [-0.1, -0.05) is 16.8 Å². The predicted molar refractivity (Wildman–Crippen MR) is 66.7 cm³/mol. The average molecular weight is 255 g/mol. The standard InChI is InChI=1S/C11H11ClN2OS/c1-7-4-9(14-15-7)6-16-11-5-8(13)2-3-10(11)12/h2-5H,6,13H2,1H3. The third-order valence-electron chi connectivity index (χ3n) is 2.01. The minimum absolute atomic E-state index is 0.708. The third kappa shape index (κ3) is 2.71. The van der Waals surface area contributed by atoms with Gasteiger partial charge in [-0.25, -0.2) is 0 Å². The third-order valence-corrected chi connectivity index (χ3v) is 3.54. The van der Waals surface area contributed by atoms with Gasteiger partial charge in [-0.05, 0) is 25.1 Å². The highest BCUT2D eigenvalue weighted by molar-refractivity contribution is 7.98. The lowest BCUT2D eigenvalue weighted by Crippen LogP contribution is -1.86. The summed E-state index contributed by atoms with van der Waals surface area (Å²) in [6.45, 7) is 1.87. The smallest absolute Gasteiger partial charge is 0.133 e. The van der Waals surface area contributed by atoms with Crippen molar-refractivity contribution in [3.63, 3.8) is 0 Å². The number of thioether (sulfide) groups is 1. The number of hydrogen-bond acceptors (Lipinski definition) is 4. The zero-order valence-corrected chi connectivity index (χ0v) is 10.3. The van der Waals surface area contributed by atoms with Gasteiger partial charge in [0.1, 0.15) is 5.76 Å². The molecular formula is C11H11ClN2OS. The monoisotopic (exact) mass is 254 g/mol. The highest BCUT2D eigenvalue weighted by Crippen LogP contribution is 2.31. The number of aromatic nitrogens is 1. The highest BCUT2D eigenvalue weighted by atomic mass is 35.5. The SMILES string of the molecule is Cc1cc(CSc2cc(N)ccc2Cl)no1. The van der Waals surface area contributed by atoms with E-state index in [9.17, 15) is 0 Å². The maximum absolute atomic E-state index is 6.05. The fraction of sp³-hybridized carbons (Fsp3) is 0.182. The lowest BCUT2D eigenvalue weighted by atomic mass is 10.3. The number of hydrogen-bond donors (Lipinski definition) is 1. The van der Waals surface area contributed by atoms with Crippen molar-refractivity contribution in [3.8, 4) is 0 Å². The second-order valence-corrected chi connectivity index (χ2v) is 4.83. The molecule has 0 atom stereocenters. The van der Waals surface area contributed by atoms with Crippen LogP contribution in [0.15, 0.2) is 33.7 Å². The zero-order valence-electron chi connectivity index (χ0n) is 8.74. The van der Waals surface area contributed by atoms with Crippen LogP contribution in [0.3, 0.4) is 0 Å². The largest absolute Gasteiger partial charge is 0.399 e. The molecule has 5 heteroatoms. The van der Waals surface area contributed by atoms with Crippen LogP contribution in [-0.2, 0) is 5.75 Å². The molecule has 1 heterocycles. The van der Waals surface area contributed by atoms with Crippen molar-refractivity contribution in [2.45, 2.75) is 17.6 Å². The number of anilines is 1. The lowest BCUT2D eigenvalue weighted by molar-refractivity contribution is 0.393. The fourth-order valence-corrected chi connectivity index (χ4v) is 2.41. The minimum Gasteiger partial charge on any atom is -0.399 e. The Kier molecular flexibility index (Phi) is 3.41. The Morgan fingerprint density at radius 2 is 2.25 bits per heavy atom. The van der Waals surface area contributed by atoms with Gasteiger partial charge in [-0.2, -0.15) is 0 Å². The van der Waals surface area contributed by atoms with Gasteiger partial charge < -0.3 is 10.3 Å². The molecule has 0 radical (unpaired) electrons. The zero-order chi connectivity index (χ0) is 11.5. The number of rotatable bonds is 3. The lowest BCUT2D eigenvalue weighted by Gasteiger charge is -2.03. The number of benzene rings is 1. The van der Waals surface area contributed by atoms with E-state index in [0.29, 0.717) is 10.7 Å². The van der Waals surface area contributed by atoms with Crippen LogP contribution in [0, 0.1) is 6.92 Å². The number of aryl methyl sites for hydroxylation is 1. The first-order valence-electron chi connectivity index (χ1n) is 4.75. The van der Waals surface area contributed by atoms with Crippen LogP contribution in [0.5, 0.6) is 0 Å². The van der Waals surface area contributed by atoms with Crippen molar-refractivity contribution in [3.05, 3.63) is 40.7 Å². The minimum atomic E-state index is 0.708. The number of nitrogens with zero attached hydrogens (tertiary/aromatic N) is 1. The van der Waals surface area contributed by atoms with Crippen molar-refractivity contribution in [1.82, 2.24) is 5.16 Å². The fourth-order valence-electron chi connectivity index (χ4n) is 1.27. The molecule has 0 saturated heterocycles. The average Bonchev–Trinajstić information content (AvgIpc) is 2.66. The van der Waals surface area contributed by atoms with Gasteiger partial charge in [0.2, 0.25) is 0 Å². The van der Waals surface area contributed by atoms with Crippen LogP contribution in [0.4, 0.5) is 5.69 Å². The van der Waals surface area contributed by atoms with Crippen LogP contribution >= 0.6 is 23.4 Å². The number of halogens is 1. The van der Waals surface area contributed by atoms with E-state index in [0.717, 1.165) is 22.1 Å². The summed E-state index contributed by atoms with van der Waals surface area (Å²) in [5.41, 5.74) is 7.31. The summed E-state index contributed by atoms with van der Waals surface area (Å²) in [6.07, 6.45) is 0. The van der Waals surface area contributed by atoms with E-state index < -0.39 is 0 Å². The molecule has 0 amide bonds. The first kappa shape index (κ1) is 11.4. The maximum atomic E-state index is 6.05. The molecule has 0 unspecified atom stereocenters. The van der Waals surface area contributed by atoms with E-state index in [1.54, 1.807) is 23.9 Å². The Morgan fingerprint density at radius 3 is 2.94 bits per heavy atom. The van der Waals surface area contributed by atoms with Gasteiger partial charge in [-0.15, -0.1) is 11.8 Å². The molecule has 0 bridgehead atoms. The van der Waals surface area contributed by atoms with Crippen LogP contribution in [0.1, 0.15) is 11.5 Å². The molecule has 2 rings (SSSR count). The van der Waals surface area contributed by atoms with Crippen molar-refractivity contribution in [2.24, 2.45) is 0 Å². The Labute approximate surface area is 103 Å². The van der Waals surface area contributed by atoms with Crippen molar-refractivity contribution in [1.29, 1.82) is 0 Å². The summed E-state index contributed by atoms with van der Waals surface area (Å²) in [5, 5.41) is 4.62. The number of nitrogen functional groups attached to an aromatic ring is 1. The Balaban J connectivity index is 2.07. The molecule has 84 valence electrons. The van der Waals surface area contributed by atoms with Crippen molar-refractivity contribution in [2.75, 3.05) is 5.73 Å². The first-order valence-corrected chi connectivity index (χ1v) is 6.11. The summed E-state index contributed by atoms with van der Waals surface area (Å²) in [7, 11) is 0. The van der Waals surface area contributed by atoms with Crippen molar-refractivity contribution >= 4 is 29.1 Å². The molecule has 3 nitrogen and oxygen atoms in total. The summed E-state index contributed by atoms with van der Waals surface area (Å²) >= 11 is 7.64. The molecule has 2 aromatic rings. The van der Waals surface area contributed by atoms with Gasteiger partial charge >= 0.3 is 0 Å². The summed E-state index contributed by atoms with van der Waals surface area (Å²) in [4.78, 5) is 0.960. The maximum Gasteiger partial charge on any atom is 0.133 e. The molecule has 0 fully saturated rings. The van der Waals surface area contributed by atoms with Crippen LogP contribution in [0.2, 0.25) is 5.02 Å². The van der Waals surface area contributed by atoms with E-state index >= 15 is 0 Å². The first-order chi connectivity index (χ1) is 7.65. The van der Waals surface area contributed by atoms with Crippen molar-refractivity contribution < 1.29 is 4.52 Å². The van der Waals surface area contributed by atoms with Gasteiger partial charge in [-0.3, -0.25) is 0 Å². The molecule has 0 aliphatic carbocycles. The molecule has 16 heavy (non-hydrogen) atoms. The topological polar surface area (TPSA) is 52.0 Å². The van der Waals surface area contributed by atoms with Gasteiger partial charge in [0, 0.05) is 22.4 Å². The van der Waals surface area contributed by atoms with E-state index in [2.05, 4.69) is 5.16 Å². The molecule has 1 aromatic heterocycles. The molecule has 0 aliphatic rings.